The van der Waals surface area contributed by atoms with Crippen LogP contribution in [0.5, 0.6) is 28.7 Å². The number of methoxy groups -OCH3 is 5. The minimum atomic E-state index is 0.321. The minimum Gasteiger partial charge on any atom is -0.496 e. The number of nitrogens with one attached hydrogen (secondary N) is 1. The molecular weight excluding hydrogens is 518 g/mol. The van der Waals surface area contributed by atoms with Crippen molar-refractivity contribution in [3.63, 3.8) is 0 Å². The molecule has 0 radical (unpaired) electrons. The number of rotatable bonds is 11. The monoisotopic (exact) mass is 557 g/mol. The van der Waals surface area contributed by atoms with Crippen LogP contribution in [0.4, 0.5) is 0 Å². The molecule has 0 spiro atoms. The van der Waals surface area contributed by atoms with Gasteiger partial charge in [-0.05, 0) is 58.8 Å². The molecule has 8 nitrogen and oxygen atoms in total. The van der Waals surface area contributed by atoms with Crippen molar-refractivity contribution in [2.75, 3.05) is 55.2 Å². The maximum Gasteiger partial charge on any atom is 0.161 e. The number of piperazine rings is 1. The second-order valence-electron chi connectivity index (χ2n) is 10.2. The smallest absolute Gasteiger partial charge is 0.161 e. The Labute approximate surface area is 242 Å². The Hall–Kier alpha value is -4.01. The van der Waals surface area contributed by atoms with Crippen molar-refractivity contribution in [1.82, 2.24) is 15.2 Å². The van der Waals surface area contributed by atoms with Crippen LogP contribution in [0.2, 0.25) is 0 Å². The zero-order valence-corrected chi connectivity index (χ0v) is 24.5. The number of ether oxygens (including phenoxy) is 5. The fourth-order valence-electron chi connectivity index (χ4n) is 5.69. The first kappa shape index (κ1) is 28.5. The first-order valence-electron chi connectivity index (χ1n) is 13.9. The highest BCUT2D eigenvalue weighted by Gasteiger charge is 2.25. The van der Waals surface area contributed by atoms with Crippen LogP contribution in [-0.2, 0) is 19.4 Å². The molecule has 0 amide bonds. The fourth-order valence-corrected chi connectivity index (χ4v) is 5.69. The molecular formula is C33H39N3O5. The highest BCUT2D eigenvalue weighted by atomic mass is 16.5. The quantitative estimate of drug-likeness (QED) is 0.280. The Morgan fingerprint density at radius 1 is 0.756 bits per heavy atom. The molecule has 41 heavy (non-hydrogen) atoms. The summed E-state index contributed by atoms with van der Waals surface area (Å²) >= 11 is 0. The van der Waals surface area contributed by atoms with Gasteiger partial charge in [0.25, 0.3) is 0 Å². The molecule has 2 heterocycles. The summed E-state index contributed by atoms with van der Waals surface area (Å²) < 4.78 is 28.0. The van der Waals surface area contributed by atoms with Gasteiger partial charge in [0.05, 0.1) is 41.2 Å². The van der Waals surface area contributed by atoms with Gasteiger partial charge in [-0.25, -0.2) is 0 Å². The van der Waals surface area contributed by atoms with Crippen LogP contribution in [0, 0.1) is 0 Å². The maximum atomic E-state index is 5.72. The van der Waals surface area contributed by atoms with Crippen LogP contribution < -0.4 is 29.0 Å². The molecule has 1 aromatic heterocycles. The van der Waals surface area contributed by atoms with Crippen molar-refractivity contribution in [3.05, 3.63) is 83.2 Å². The molecule has 1 aliphatic heterocycles. The second-order valence-corrected chi connectivity index (χ2v) is 10.2. The van der Waals surface area contributed by atoms with E-state index in [2.05, 4.69) is 28.4 Å². The van der Waals surface area contributed by atoms with Crippen LogP contribution in [0.15, 0.2) is 60.8 Å². The van der Waals surface area contributed by atoms with Crippen molar-refractivity contribution < 1.29 is 23.7 Å². The highest BCUT2D eigenvalue weighted by molar-refractivity contribution is 5.91. The first-order chi connectivity index (χ1) is 20.1. The number of hydrogen-bond acceptors (Lipinski definition) is 8. The van der Waals surface area contributed by atoms with Gasteiger partial charge in [-0.1, -0.05) is 24.3 Å². The third-order valence-electron chi connectivity index (χ3n) is 7.87. The Kier molecular flexibility index (Phi) is 9.11. The topological polar surface area (TPSA) is 74.3 Å². The zero-order chi connectivity index (χ0) is 28.8. The van der Waals surface area contributed by atoms with E-state index in [0.29, 0.717) is 35.5 Å². The molecule has 1 atom stereocenters. The predicted octanol–water partition coefficient (Wildman–Crippen LogP) is 4.89. The van der Waals surface area contributed by atoms with Crippen molar-refractivity contribution in [1.29, 1.82) is 0 Å². The van der Waals surface area contributed by atoms with Gasteiger partial charge in [0.15, 0.2) is 23.0 Å². The van der Waals surface area contributed by atoms with Gasteiger partial charge in [-0.15, -0.1) is 0 Å². The molecule has 8 heteroatoms. The van der Waals surface area contributed by atoms with Gasteiger partial charge in [0.1, 0.15) is 5.75 Å². The largest absolute Gasteiger partial charge is 0.496 e. The van der Waals surface area contributed by atoms with E-state index in [1.807, 2.05) is 42.6 Å². The summed E-state index contributed by atoms with van der Waals surface area (Å²) in [6.07, 6.45) is 3.56. The number of fused-ring (bicyclic) bond motifs is 1. The van der Waals surface area contributed by atoms with E-state index in [4.69, 9.17) is 28.7 Å². The molecule has 0 aliphatic carbocycles. The molecule has 0 saturated carbocycles. The van der Waals surface area contributed by atoms with Crippen LogP contribution in [0.25, 0.3) is 10.8 Å². The van der Waals surface area contributed by atoms with E-state index in [1.54, 1.807) is 35.5 Å². The molecule has 1 saturated heterocycles. The number of pyridine rings is 1. The third kappa shape index (κ3) is 6.19. The lowest BCUT2D eigenvalue weighted by atomic mass is 9.98. The molecule has 1 aliphatic rings. The second kappa shape index (κ2) is 13.1. The summed E-state index contributed by atoms with van der Waals surface area (Å²) in [6.45, 7) is 3.58. The van der Waals surface area contributed by atoms with Crippen LogP contribution in [0.3, 0.4) is 0 Å². The molecule has 1 unspecified atom stereocenters. The van der Waals surface area contributed by atoms with Crippen molar-refractivity contribution in [2.45, 2.75) is 25.4 Å². The van der Waals surface area contributed by atoms with E-state index >= 15 is 0 Å². The number of benzene rings is 3. The lowest BCUT2D eigenvalue weighted by molar-refractivity contribution is 0.152. The van der Waals surface area contributed by atoms with Crippen molar-refractivity contribution in [3.8, 4) is 28.7 Å². The Balaban J connectivity index is 1.50. The minimum absolute atomic E-state index is 0.321. The molecule has 1 fully saturated rings. The summed E-state index contributed by atoms with van der Waals surface area (Å²) in [6, 6.07) is 18.7. The summed E-state index contributed by atoms with van der Waals surface area (Å²) in [4.78, 5) is 7.55. The number of hydrogen-bond donors (Lipinski definition) is 1. The normalized spacial score (nSPS) is 15.5. The average Bonchev–Trinajstić information content (AvgIpc) is 3.02. The van der Waals surface area contributed by atoms with Crippen LogP contribution in [-0.4, -0.2) is 71.1 Å². The van der Waals surface area contributed by atoms with Crippen molar-refractivity contribution in [2.24, 2.45) is 0 Å². The lowest BCUT2D eigenvalue weighted by Crippen LogP contribution is -2.51. The highest BCUT2D eigenvalue weighted by Crippen LogP contribution is 2.37. The summed E-state index contributed by atoms with van der Waals surface area (Å²) in [5.74, 6) is 3.72. The average molecular weight is 558 g/mol. The molecule has 4 aromatic rings. The van der Waals surface area contributed by atoms with Crippen molar-refractivity contribution >= 4 is 10.8 Å². The molecule has 3 aromatic carbocycles. The summed E-state index contributed by atoms with van der Waals surface area (Å²) in [7, 11) is 8.37. The van der Waals surface area contributed by atoms with Gasteiger partial charge in [0, 0.05) is 50.2 Å². The van der Waals surface area contributed by atoms with Gasteiger partial charge in [-0.2, -0.15) is 0 Å². The number of para-hydroxylation sites is 1. The summed E-state index contributed by atoms with van der Waals surface area (Å²) in [5, 5.41) is 5.74. The standard InChI is InChI=1S/C33H39N3O5/c1-37-29-9-7-6-8-23(29)16-25-20-34-12-13-36(25)21-24-19-35-28(14-22-10-11-30(38-2)31(15-22)39-3)27-18-33(41-5)32(40-4)17-26(24)27/h6-11,15,17-19,25,34H,12-14,16,20-21H2,1-5H3. The van der Waals surface area contributed by atoms with E-state index in [0.717, 1.165) is 65.9 Å². The zero-order valence-electron chi connectivity index (χ0n) is 24.5. The molecule has 5 rings (SSSR count). The number of aromatic nitrogens is 1. The lowest BCUT2D eigenvalue weighted by Gasteiger charge is -2.37. The SMILES string of the molecule is COc1ccccc1CC1CNCCN1Cc1cnc(Cc2ccc(OC)c(OC)c2)c2cc(OC)c(OC)cc12. The number of nitrogens with zero attached hydrogens (tertiary/aromatic N) is 2. The van der Waals surface area contributed by atoms with E-state index in [-0.39, 0.29) is 0 Å². The van der Waals surface area contributed by atoms with Gasteiger partial charge >= 0.3 is 0 Å². The van der Waals surface area contributed by atoms with Gasteiger partial charge in [0.2, 0.25) is 0 Å². The predicted molar refractivity (Wildman–Crippen MR) is 161 cm³/mol. The Morgan fingerprint density at radius 2 is 1.44 bits per heavy atom. The van der Waals surface area contributed by atoms with Crippen LogP contribution in [0.1, 0.15) is 22.4 Å². The molecule has 1 N–H and O–H groups in total. The maximum absolute atomic E-state index is 5.72. The van der Waals surface area contributed by atoms with E-state index < -0.39 is 0 Å². The Bertz CT molecular complexity index is 1490. The molecule has 0 bridgehead atoms. The van der Waals surface area contributed by atoms with E-state index in [9.17, 15) is 0 Å². The first-order valence-corrected chi connectivity index (χ1v) is 13.9. The summed E-state index contributed by atoms with van der Waals surface area (Å²) in [5.41, 5.74) is 4.41. The Morgan fingerprint density at radius 3 is 2.17 bits per heavy atom. The van der Waals surface area contributed by atoms with Gasteiger partial charge < -0.3 is 29.0 Å². The molecule has 216 valence electrons. The fraction of sp³-hybridized carbons (Fsp3) is 0.364. The van der Waals surface area contributed by atoms with Gasteiger partial charge in [-0.3, -0.25) is 9.88 Å². The van der Waals surface area contributed by atoms with Crippen LogP contribution >= 0.6 is 0 Å². The third-order valence-corrected chi connectivity index (χ3v) is 7.87. The van der Waals surface area contributed by atoms with E-state index in [1.165, 1.54) is 5.56 Å².